The van der Waals surface area contributed by atoms with Crippen LogP contribution in [0.4, 0.5) is 23.7 Å². The summed E-state index contributed by atoms with van der Waals surface area (Å²) in [4.78, 5) is 25.8. The van der Waals surface area contributed by atoms with Crippen LogP contribution in [0.2, 0.25) is 0 Å². The van der Waals surface area contributed by atoms with E-state index in [4.69, 9.17) is 4.74 Å². The lowest BCUT2D eigenvalue weighted by Gasteiger charge is -2.50. The number of hydrogen-bond acceptors (Lipinski definition) is 5. The molecule has 2 N–H and O–H groups in total. The normalized spacial score (nSPS) is 18.2. The fraction of sp³-hybridized carbons (Fsp3) is 0.346. The number of amides is 2. The lowest BCUT2D eigenvalue weighted by atomic mass is 9.71. The van der Waals surface area contributed by atoms with Gasteiger partial charge < -0.3 is 24.8 Å². The van der Waals surface area contributed by atoms with E-state index in [2.05, 4.69) is 15.2 Å². The number of aromatic nitrogens is 2. The second kappa shape index (κ2) is 10.0. The first-order valence-electron chi connectivity index (χ1n) is 11.7. The summed E-state index contributed by atoms with van der Waals surface area (Å²) in [7, 11) is 0. The van der Waals surface area contributed by atoms with Crippen LogP contribution >= 0.6 is 0 Å². The molecule has 0 radical (unpaired) electrons. The predicted molar refractivity (Wildman–Crippen MR) is 131 cm³/mol. The van der Waals surface area contributed by atoms with Crippen molar-refractivity contribution in [1.82, 2.24) is 14.7 Å². The molecule has 1 unspecified atom stereocenters. The van der Waals surface area contributed by atoms with E-state index >= 15 is 0 Å². The van der Waals surface area contributed by atoms with Crippen molar-refractivity contribution in [2.24, 2.45) is 5.41 Å². The Morgan fingerprint density at radius 3 is 2.32 bits per heavy atom. The Balaban J connectivity index is 1.47. The fourth-order valence-electron chi connectivity index (χ4n) is 4.36. The third-order valence-electron chi connectivity index (χ3n) is 6.39. The van der Waals surface area contributed by atoms with Gasteiger partial charge in [-0.15, -0.1) is 13.2 Å². The Morgan fingerprint density at radius 1 is 1.08 bits per heavy atom. The van der Waals surface area contributed by atoms with Gasteiger partial charge in [-0.3, -0.25) is 4.79 Å². The number of carbonyl (C=O) groups is 2. The molecule has 0 aliphatic carbocycles. The van der Waals surface area contributed by atoms with E-state index in [1.54, 1.807) is 24.3 Å². The van der Waals surface area contributed by atoms with Crippen LogP contribution in [-0.4, -0.2) is 57.8 Å². The summed E-state index contributed by atoms with van der Waals surface area (Å²) in [5, 5.41) is 16.4. The highest BCUT2D eigenvalue weighted by Crippen LogP contribution is 2.45. The molecule has 1 aliphatic rings. The fourth-order valence-corrected chi connectivity index (χ4v) is 4.36. The lowest BCUT2D eigenvalue weighted by Crippen LogP contribution is -2.57. The largest absolute Gasteiger partial charge is 0.573 e. The van der Waals surface area contributed by atoms with E-state index in [9.17, 15) is 27.9 Å². The molecule has 2 amide bonds. The van der Waals surface area contributed by atoms with Crippen molar-refractivity contribution >= 4 is 17.7 Å². The van der Waals surface area contributed by atoms with Crippen molar-refractivity contribution in [3.63, 3.8) is 0 Å². The number of carbonyl (C=O) groups excluding carboxylic acids is 1. The molecule has 0 bridgehead atoms. The maximum Gasteiger partial charge on any atom is 0.573 e. The zero-order valence-corrected chi connectivity index (χ0v) is 21.0. The number of morpholine rings is 1. The molecule has 1 aliphatic heterocycles. The molecule has 2 heterocycles. The molecule has 1 aromatic heterocycles. The molecule has 0 saturated carbocycles. The van der Waals surface area contributed by atoms with Crippen LogP contribution in [0.1, 0.15) is 36.7 Å². The van der Waals surface area contributed by atoms with Crippen molar-refractivity contribution in [1.29, 1.82) is 0 Å². The second-order valence-corrected chi connectivity index (χ2v) is 9.88. The highest BCUT2D eigenvalue weighted by Gasteiger charge is 2.48. The summed E-state index contributed by atoms with van der Waals surface area (Å²) in [6.07, 6.45) is -2.99. The van der Waals surface area contributed by atoms with Crippen molar-refractivity contribution in [2.45, 2.75) is 32.7 Å². The van der Waals surface area contributed by atoms with Crippen LogP contribution in [0, 0.1) is 5.41 Å². The Morgan fingerprint density at radius 2 is 1.74 bits per heavy atom. The summed E-state index contributed by atoms with van der Waals surface area (Å²) in [5.74, 6) is -0.796. The van der Waals surface area contributed by atoms with Crippen LogP contribution in [0.5, 0.6) is 5.75 Å². The molecule has 202 valence electrons. The Kier molecular flexibility index (Phi) is 7.11. The third kappa shape index (κ3) is 5.75. The number of nitrogens with zero attached hydrogens (tertiary/aromatic N) is 3. The number of alkyl halides is 3. The van der Waals surface area contributed by atoms with Gasteiger partial charge in [0.05, 0.1) is 30.6 Å². The number of hydrogen-bond donors (Lipinski definition) is 2. The standard InChI is InChI=1S/C26H27F3N4O5/c1-24(2,3)25(16-32(23(35)36)12-13-37-25)18-4-6-19(7-5-18)31-22(34)17-14-30-33(15-17)20-8-10-21(11-9-20)38-26(27,28)29/h4-11,14-15H,12-13,16H2,1-3H3,(H,31,34)(H,35,36). The van der Waals surface area contributed by atoms with E-state index < -0.39 is 29.4 Å². The molecule has 3 aromatic rings. The molecule has 38 heavy (non-hydrogen) atoms. The van der Waals surface area contributed by atoms with Gasteiger partial charge in [-0.05, 0) is 47.4 Å². The molecule has 12 heteroatoms. The third-order valence-corrected chi connectivity index (χ3v) is 6.39. The number of ether oxygens (including phenoxy) is 2. The lowest BCUT2D eigenvalue weighted by molar-refractivity contribution is -0.274. The van der Waals surface area contributed by atoms with E-state index in [1.165, 1.54) is 34.1 Å². The van der Waals surface area contributed by atoms with Crippen LogP contribution in [0.15, 0.2) is 60.9 Å². The number of nitrogens with one attached hydrogen (secondary N) is 1. The Hall–Kier alpha value is -4.06. The van der Waals surface area contributed by atoms with Gasteiger partial charge >= 0.3 is 12.5 Å². The van der Waals surface area contributed by atoms with Gasteiger partial charge in [0.1, 0.15) is 11.4 Å². The summed E-state index contributed by atoms with van der Waals surface area (Å²) in [5.41, 5.74) is 0.697. The first kappa shape index (κ1) is 27.0. The minimum atomic E-state index is -4.79. The van der Waals surface area contributed by atoms with Gasteiger partial charge in [0.2, 0.25) is 0 Å². The Labute approximate surface area is 216 Å². The van der Waals surface area contributed by atoms with Crippen molar-refractivity contribution < 1.29 is 37.3 Å². The van der Waals surface area contributed by atoms with E-state index in [0.29, 0.717) is 17.9 Å². The number of anilines is 1. The zero-order valence-electron chi connectivity index (χ0n) is 21.0. The first-order chi connectivity index (χ1) is 17.8. The monoisotopic (exact) mass is 532 g/mol. The molecule has 1 saturated heterocycles. The van der Waals surface area contributed by atoms with Gasteiger partial charge in [-0.1, -0.05) is 32.9 Å². The molecular weight excluding hydrogens is 505 g/mol. The second-order valence-electron chi connectivity index (χ2n) is 9.88. The van der Waals surface area contributed by atoms with E-state index in [1.807, 2.05) is 20.8 Å². The Bertz CT molecular complexity index is 1300. The van der Waals surface area contributed by atoms with Crippen LogP contribution in [0.3, 0.4) is 0 Å². The molecule has 9 nitrogen and oxygen atoms in total. The van der Waals surface area contributed by atoms with Gasteiger partial charge in [0.25, 0.3) is 5.91 Å². The molecule has 1 fully saturated rings. The number of rotatable bonds is 5. The molecule has 0 spiro atoms. The summed E-state index contributed by atoms with van der Waals surface area (Å²) < 4.78 is 48.5. The first-order valence-corrected chi connectivity index (χ1v) is 11.7. The van der Waals surface area contributed by atoms with Crippen molar-refractivity contribution in [2.75, 3.05) is 25.0 Å². The number of carboxylic acid groups (broad SMARTS) is 1. The molecular formula is C26H27F3N4O5. The number of benzene rings is 2. The summed E-state index contributed by atoms with van der Waals surface area (Å²) >= 11 is 0. The van der Waals surface area contributed by atoms with Gasteiger partial charge in [-0.2, -0.15) is 5.10 Å². The van der Waals surface area contributed by atoms with Crippen molar-refractivity contribution in [3.05, 3.63) is 72.1 Å². The average molecular weight is 533 g/mol. The van der Waals surface area contributed by atoms with Crippen molar-refractivity contribution in [3.8, 4) is 11.4 Å². The van der Waals surface area contributed by atoms with E-state index in [0.717, 1.165) is 17.7 Å². The van der Waals surface area contributed by atoms with Gasteiger partial charge in [0, 0.05) is 18.4 Å². The van der Waals surface area contributed by atoms with Gasteiger partial charge in [0.15, 0.2) is 0 Å². The number of halogens is 3. The topological polar surface area (TPSA) is 106 Å². The molecule has 2 aromatic carbocycles. The summed E-state index contributed by atoms with van der Waals surface area (Å²) in [6.45, 7) is 6.71. The highest BCUT2D eigenvalue weighted by molar-refractivity contribution is 6.04. The van der Waals surface area contributed by atoms with E-state index in [-0.39, 0.29) is 24.5 Å². The summed E-state index contributed by atoms with van der Waals surface area (Å²) in [6, 6.07) is 12.1. The maximum absolute atomic E-state index is 12.8. The van der Waals surface area contributed by atoms with Crippen LogP contribution in [0.25, 0.3) is 5.69 Å². The minimum Gasteiger partial charge on any atom is -0.465 e. The van der Waals surface area contributed by atoms with Crippen LogP contribution in [-0.2, 0) is 10.3 Å². The molecule has 1 atom stereocenters. The molecule has 4 rings (SSSR count). The smallest absolute Gasteiger partial charge is 0.465 e. The SMILES string of the molecule is CC(C)(C)C1(c2ccc(NC(=O)c3cnn(-c4ccc(OC(F)(F)F)cc4)c3)cc2)CN(C(=O)O)CCO1. The quantitative estimate of drug-likeness (QED) is 0.464. The predicted octanol–water partition coefficient (Wildman–Crippen LogP) is 5.27. The zero-order chi connectivity index (χ0) is 27.7. The highest BCUT2D eigenvalue weighted by atomic mass is 19.4. The van der Waals surface area contributed by atoms with Gasteiger partial charge in [-0.25, -0.2) is 9.48 Å². The maximum atomic E-state index is 12.8. The average Bonchev–Trinajstić information content (AvgIpc) is 3.34. The van der Waals surface area contributed by atoms with Crippen LogP contribution < -0.4 is 10.1 Å². The minimum absolute atomic E-state index is 0.181.